The quantitative estimate of drug-likeness (QED) is 0.888. The Hall–Kier alpha value is -0.960. The molecule has 17 heavy (non-hydrogen) atoms. The standard InChI is InChI=1S/C13H13Cl2NO/c1-9(13-3-2-6-17-13)16-8-10-4-5-11(14)12(15)7-10/h2-7,9,16H,8H2,1H3/t9-/m0/s1. The van der Waals surface area contributed by atoms with E-state index >= 15 is 0 Å². The van der Waals surface area contributed by atoms with E-state index in [2.05, 4.69) is 12.2 Å². The number of halogens is 2. The Balaban J connectivity index is 1.96. The van der Waals surface area contributed by atoms with Crippen LogP contribution < -0.4 is 5.32 Å². The van der Waals surface area contributed by atoms with Crippen LogP contribution in [0.25, 0.3) is 0 Å². The summed E-state index contributed by atoms with van der Waals surface area (Å²) in [5.41, 5.74) is 1.10. The van der Waals surface area contributed by atoms with Crippen molar-refractivity contribution in [2.24, 2.45) is 0 Å². The van der Waals surface area contributed by atoms with Crippen LogP contribution in [0, 0.1) is 0 Å². The van der Waals surface area contributed by atoms with Crippen LogP contribution >= 0.6 is 23.2 Å². The first-order valence-electron chi connectivity index (χ1n) is 5.37. The lowest BCUT2D eigenvalue weighted by Crippen LogP contribution is -2.17. The third kappa shape index (κ3) is 3.25. The zero-order valence-electron chi connectivity index (χ0n) is 9.41. The largest absolute Gasteiger partial charge is 0.468 e. The van der Waals surface area contributed by atoms with Gasteiger partial charge in [-0.15, -0.1) is 0 Å². The second kappa shape index (κ2) is 5.58. The Kier molecular flexibility index (Phi) is 4.11. The van der Waals surface area contributed by atoms with Crippen molar-refractivity contribution in [2.75, 3.05) is 0 Å². The summed E-state index contributed by atoms with van der Waals surface area (Å²) in [6, 6.07) is 9.62. The fraction of sp³-hybridized carbons (Fsp3) is 0.231. The van der Waals surface area contributed by atoms with Crippen molar-refractivity contribution in [1.82, 2.24) is 5.32 Å². The van der Waals surface area contributed by atoms with Crippen LogP contribution in [-0.4, -0.2) is 0 Å². The smallest absolute Gasteiger partial charge is 0.120 e. The minimum absolute atomic E-state index is 0.166. The first-order valence-corrected chi connectivity index (χ1v) is 6.13. The summed E-state index contributed by atoms with van der Waals surface area (Å²) < 4.78 is 5.32. The summed E-state index contributed by atoms with van der Waals surface area (Å²) in [5.74, 6) is 0.921. The van der Waals surface area contributed by atoms with Gasteiger partial charge in [0.05, 0.1) is 22.4 Å². The van der Waals surface area contributed by atoms with Gasteiger partial charge in [0.1, 0.15) is 5.76 Å². The van der Waals surface area contributed by atoms with Gasteiger partial charge in [-0.05, 0) is 36.8 Å². The Bertz CT molecular complexity index is 482. The second-order valence-electron chi connectivity index (χ2n) is 3.87. The molecule has 0 aliphatic heterocycles. The zero-order chi connectivity index (χ0) is 12.3. The Morgan fingerprint density at radius 2 is 2.06 bits per heavy atom. The van der Waals surface area contributed by atoms with Gasteiger partial charge in [-0.2, -0.15) is 0 Å². The number of furan rings is 1. The fourth-order valence-corrected chi connectivity index (χ4v) is 1.88. The molecule has 0 fully saturated rings. The molecule has 4 heteroatoms. The Labute approximate surface area is 111 Å². The predicted molar refractivity (Wildman–Crippen MR) is 70.4 cm³/mol. The summed E-state index contributed by atoms with van der Waals surface area (Å²) in [7, 11) is 0. The van der Waals surface area contributed by atoms with Crippen LogP contribution in [0.15, 0.2) is 41.0 Å². The summed E-state index contributed by atoms with van der Waals surface area (Å²) >= 11 is 11.8. The van der Waals surface area contributed by atoms with Crippen LogP contribution in [0.3, 0.4) is 0 Å². The highest BCUT2D eigenvalue weighted by atomic mass is 35.5. The van der Waals surface area contributed by atoms with Crippen LogP contribution in [0.5, 0.6) is 0 Å². The zero-order valence-corrected chi connectivity index (χ0v) is 10.9. The molecular weight excluding hydrogens is 257 g/mol. The highest BCUT2D eigenvalue weighted by molar-refractivity contribution is 6.42. The summed E-state index contributed by atoms with van der Waals surface area (Å²) in [6.07, 6.45) is 1.67. The topological polar surface area (TPSA) is 25.2 Å². The summed E-state index contributed by atoms with van der Waals surface area (Å²) in [5, 5.41) is 4.51. The molecule has 2 nitrogen and oxygen atoms in total. The second-order valence-corrected chi connectivity index (χ2v) is 4.68. The van der Waals surface area contributed by atoms with E-state index in [-0.39, 0.29) is 6.04 Å². The molecule has 0 aliphatic rings. The maximum absolute atomic E-state index is 5.95. The number of nitrogens with one attached hydrogen (secondary N) is 1. The maximum Gasteiger partial charge on any atom is 0.120 e. The molecule has 0 radical (unpaired) electrons. The van der Waals surface area contributed by atoms with Crippen molar-refractivity contribution < 1.29 is 4.42 Å². The molecule has 0 bridgehead atoms. The van der Waals surface area contributed by atoms with Gasteiger partial charge in [-0.3, -0.25) is 0 Å². The first kappa shape index (κ1) is 12.5. The van der Waals surface area contributed by atoms with E-state index in [1.807, 2.05) is 24.3 Å². The number of rotatable bonds is 4. The molecule has 0 unspecified atom stereocenters. The van der Waals surface area contributed by atoms with E-state index in [4.69, 9.17) is 27.6 Å². The predicted octanol–water partition coefficient (Wildman–Crippen LogP) is 4.44. The first-order chi connectivity index (χ1) is 8.16. The molecule has 90 valence electrons. The van der Waals surface area contributed by atoms with E-state index in [9.17, 15) is 0 Å². The van der Waals surface area contributed by atoms with Crippen molar-refractivity contribution in [3.05, 3.63) is 58.0 Å². The van der Waals surface area contributed by atoms with E-state index in [0.29, 0.717) is 10.0 Å². The molecule has 0 saturated carbocycles. The molecule has 2 rings (SSSR count). The van der Waals surface area contributed by atoms with Crippen molar-refractivity contribution >= 4 is 23.2 Å². The number of hydrogen-bond acceptors (Lipinski definition) is 2. The van der Waals surface area contributed by atoms with Crippen molar-refractivity contribution in [1.29, 1.82) is 0 Å². The highest BCUT2D eigenvalue weighted by Crippen LogP contribution is 2.23. The van der Waals surface area contributed by atoms with Crippen LogP contribution in [-0.2, 0) is 6.54 Å². The maximum atomic E-state index is 5.95. The van der Waals surface area contributed by atoms with Gasteiger partial charge >= 0.3 is 0 Å². The fourth-order valence-electron chi connectivity index (χ4n) is 1.56. The molecular formula is C13H13Cl2NO. The van der Waals surface area contributed by atoms with Gasteiger partial charge in [0.15, 0.2) is 0 Å². The number of hydrogen-bond donors (Lipinski definition) is 1. The van der Waals surface area contributed by atoms with E-state index < -0.39 is 0 Å². The normalized spacial score (nSPS) is 12.6. The average Bonchev–Trinajstić information content (AvgIpc) is 2.84. The molecule has 0 aliphatic carbocycles. The molecule has 0 spiro atoms. The van der Waals surface area contributed by atoms with Crippen molar-refractivity contribution in [2.45, 2.75) is 19.5 Å². The minimum Gasteiger partial charge on any atom is -0.468 e. The molecule has 2 aromatic rings. The Morgan fingerprint density at radius 3 is 2.71 bits per heavy atom. The average molecular weight is 270 g/mol. The minimum atomic E-state index is 0.166. The summed E-state index contributed by atoms with van der Waals surface area (Å²) in [4.78, 5) is 0. The molecule has 1 heterocycles. The SMILES string of the molecule is C[C@H](NCc1ccc(Cl)c(Cl)c1)c1ccco1. The van der Waals surface area contributed by atoms with Gasteiger partial charge in [0, 0.05) is 6.54 Å². The van der Waals surface area contributed by atoms with Crippen LogP contribution in [0.2, 0.25) is 10.0 Å². The van der Waals surface area contributed by atoms with Gasteiger partial charge in [-0.1, -0.05) is 29.3 Å². The lowest BCUT2D eigenvalue weighted by molar-refractivity contribution is 0.430. The van der Waals surface area contributed by atoms with Crippen molar-refractivity contribution in [3.63, 3.8) is 0 Å². The highest BCUT2D eigenvalue weighted by Gasteiger charge is 2.07. The van der Waals surface area contributed by atoms with Gasteiger partial charge in [-0.25, -0.2) is 0 Å². The lowest BCUT2D eigenvalue weighted by atomic mass is 10.2. The molecule has 1 N–H and O–H groups in total. The van der Waals surface area contributed by atoms with E-state index in [1.165, 1.54) is 0 Å². The number of benzene rings is 1. The molecule has 0 saturated heterocycles. The van der Waals surface area contributed by atoms with Crippen molar-refractivity contribution in [3.8, 4) is 0 Å². The van der Waals surface area contributed by atoms with E-state index in [0.717, 1.165) is 17.9 Å². The van der Waals surface area contributed by atoms with Gasteiger partial charge in [0.2, 0.25) is 0 Å². The molecule has 1 aromatic heterocycles. The van der Waals surface area contributed by atoms with Gasteiger partial charge in [0.25, 0.3) is 0 Å². The third-order valence-electron chi connectivity index (χ3n) is 2.57. The third-order valence-corrected chi connectivity index (χ3v) is 3.31. The van der Waals surface area contributed by atoms with Crippen LogP contribution in [0.4, 0.5) is 0 Å². The van der Waals surface area contributed by atoms with Crippen LogP contribution in [0.1, 0.15) is 24.3 Å². The molecule has 1 aromatic carbocycles. The Morgan fingerprint density at radius 1 is 1.24 bits per heavy atom. The lowest BCUT2D eigenvalue weighted by Gasteiger charge is -2.11. The summed E-state index contributed by atoms with van der Waals surface area (Å²) in [6.45, 7) is 2.77. The molecule has 1 atom stereocenters. The van der Waals surface area contributed by atoms with E-state index in [1.54, 1.807) is 12.3 Å². The monoisotopic (exact) mass is 269 g/mol. The van der Waals surface area contributed by atoms with Gasteiger partial charge < -0.3 is 9.73 Å². The molecule has 0 amide bonds.